The number of aromatic hydroxyl groups is 1. The van der Waals surface area contributed by atoms with Crippen molar-refractivity contribution < 1.29 is 9.90 Å². The lowest BCUT2D eigenvalue weighted by molar-refractivity contribution is -0.122. The van der Waals surface area contributed by atoms with Crippen LogP contribution >= 0.6 is 0 Å². The van der Waals surface area contributed by atoms with Crippen molar-refractivity contribution in [3.63, 3.8) is 0 Å². The predicted octanol–water partition coefficient (Wildman–Crippen LogP) is 1.82. The number of nitrogens with one attached hydrogen (secondary N) is 1. The molecular formula is C17H27N3O2. The third-order valence-electron chi connectivity index (χ3n) is 4.06. The monoisotopic (exact) mass is 305 g/mol. The summed E-state index contributed by atoms with van der Waals surface area (Å²) in [6.07, 6.45) is 3.41. The molecule has 0 aromatic heterocycles. The second kappa shape index (κ2) is 8.63. The molecule has 1 aliphatic rings. The molecule has 1 aliphatic heterocycles. The Balaban J connectivity index is 1.68. The summed E-state index contributed by atoms with van der Waals surface area (Å²) in [5.74, 6) is 0.427. The highest BCUT2D eigenvalue weighted by Gasteiger charge is 2.18. The molecule has 122 valence electrons. The molecular weight excluding hydrogens is 278 g/mol. The topological polar surface area (TPSA) is 55.8 Å². The van der Waals surface area contributed by atoms with E-state index < -0.39 is 0 Å². The zero-order valence-corrected chi connectivity index (χ0v) is 13.4. The van der Waals surface area contributed by atoms with Crippen LogP contribution in [0.5, 0.6) is 5.75 Å². The number of phenolic OH excluding ortho intramolecular Hbond substituents is 1. The average molecular weight is 305 g/mol. The second-order valence-electron chi connectivity index (χ2n) is 5.84. The molecule has 0 aliphatic carbocycles. The molecule has 0 spiro atoms. The van der Waals surface area contributed by atoms with Crippen LogP contribution < -0.4 is 10.2 Å². The number of carbonyl (C=O) groups excluding carboxylic acids is 1. The van der Waals surface area contributed by atoms with Crippen molar-refractivity contribution in [2.75, 3.05) is 44.2 Å². The number of unbranched alkanes of at least 4 members (excludes halogenated alkanes) is 2. The van der Waals surface area contributed by atoms with Gasteiger partial charge in [0, 0.05) is 38.4 Å². The number of amides is 1. The van der Waals surface area contributed by atoms with E-state index in [1.807, 2.05) is 12.1 Å². The lowest BCUT2D eigenvalue weighted by Gasteiger charge is -2.35. The molecule has 1 amide bonds. The summed E-state index contributed by atoms with van der Waals surface area (Å²) in [6.45, 7) is 7.05. The fraction of sp³-hybridized carbons (Fsp3) is 0.588. The van der Waals surface area contributed by atoms with Crippen LogP contribution in [0.1, 0.15) is 26.2 Å². The van der Waals surface area contributed by atoms with Crippen molar-refractivity contribution in [1.82, 2.24) is 10.2 Å². The third-order valence-corrected chi connectivity index (χ3v) is 4.06. The number of nitrogens with zero attached hydrogens (tertiary/aromatic N) is 2. The number of hydrogen-bond acceptors (Lipinski definition) is 4. The molecule has 1 aromatic carbocycles. The van der Waals surface area contributed by atoms with Gasteiger partial charge in [-0.2, -0.15) is 0 Å². The van der Waals surface area contributed by atoms with Crippen molar-refractivity contribution >= 4 is 11.6 Å². The van der Waals surface area contributed by atoms with Crippen LogP contribution in [0, 0.1) is 0 Å². The first-order valence-electron chi connectivity index (χ1n) is 8.22. The Hall–Kier alpha value is -1.75. The Labute approximate surface area is 132 Å². The van der Waals surface area contributed by atoms with Gasteiger partial charge in [-0.15, -0.1) is 0 Å². The van der Waals surface area contributed by atoms with Crippen LogP contribution in [0.25, 0.3) is 0 Å². The summed E-state index contributed by atoms with van der Waals surface area (Å²) in [5.41, 5.74) is 1.13. The molecule has 0 radical (unpaired) electrons. The number of piperazine rings is 1. The van der Waals surface area contributed by atoms with E-state index >= 15 is 0 Å². The fourth-order valence-corrected chi connectivity index (χ4v) is 2.69. The third kappa shape index (κ3) is 5.22. The first-order chi connectivity index (χ1) is 10.7. The molecule has 2 N–H and O–H groups in total. The predicted molar refractivity (Wildman–Crippen MR) is 89.3 cm³/mol. The Kier molecular flexibility index (Phi) is 6.52. The van der Waals surface area contributed by atoms with Gasteiger partial charge in [-0.25, -0.2) is 0 Å². The minimum atomic E-state index is 0.134. The zero-order valence-electron chi connectivity index (χ0n) is 13.4. The molecule has 0 saturated carbocycles. The molecule has 22 heavy (non-hydrogen) atoms. The van der Waals surface area contributed by atoms with Crippen LogP contribution in [-0.4, -0.2) is 55.2 Å². The van der Waals surface area contributed by atoms with Gasteiger partial charge >= 0.3 is 0 Å². The van der Waals surface area contributed by atoms with Crippen LogP contribution in [0.4, 0.5) is 5.69 Å². The number of benzene rings is 1. The van der Waals surface area contributed by atoms with Crippen molar-refractivity contribution in [3.8, 4) is 5.75 Å². The minimum absolute atomic E-state index is 0.134. The van der Waals surface area contributed by atoms with Gasteiger partial charge < -0.3 is 15.3 Å². The van der Waals surface area contributed by atoms with Gasteiger partial charge in [0.2, 0.25) is 5.91 Å². The van der Waals surface area contributed by atoms with Gasteiger partial charge in [-0.1, -0.05) is 19.8 Å². The maximum Gasteiger partial charge on any atom is 0.234 e. The maximum atomic E-state index is 11.9. The highest BCUT2D eigenvalue weighted by molar-refractivity contribution is 5.78. The molecule has 1 fully saturated rings. The zero-order chi connectivity index (χ0) is 15.8. The summed E-state index contributed by atoms with van der Waals surface area (Å²) < 4.78 is 0. The molecule has 0 unspecified atom stereocenters. The van der Waals surface area contributed by atoms with Crippen molar-refractivity contribution in [1.29, 1.82) is 0 Å². The summed E-state index contributed by atoms with van der Waals surface area (Å²) in [6, 6.07) is 7.30. The molecule has 2 rings (SSSR count). The lowest BCUT2D eigenvalue weighted by atomic mass is 10.2. The normalized spacial score (nSPS) is 15.8. The first-order valence-corrected chi connectivity index (χ1v) is 8.22. The highest BCUT2D eigenvalue weighted by Crippen LogP contribution is 2.19. The van der Waals surface area contributed by atoms with E-state index in [0.29, 0.717) is 12.3 Å². The number of anilines is 1. The van der Waals surface area contributed by atoms with E-state index in [2.05, 4.69) is 22.0 Å². The van der Waals surface area contributed by atoms with Crippen LogP contribution in [-0.2, 0) is 4.79 Å². The van der Waals surface area contributed by atoms with Gasteiger partial charge in [0.15, 0.2) is 0 Å². The second-order valence-corrected chi connectivity index (χ2v) is 5.84. The van der Waals surface area contributed by atoms with E-state index in [1.165, 1.54) is 12.8 Å². The Morgan fingerprint density at radius 2 is 1.82 bits per heavy atom. The maximum absolute atomic E-state index is 11.9. The number of phenols is 1. The van der Waals surface area contributed by atoms with E-state index in [9.17, 15) is 9.90 Å². The summed E-state index contributed by atoms with van der Waals surface area (Å²) in [4.78, 5) is 16.4. The minimum Gasteiger partial charge on any atom is -0.508 e. The van der Waals surface area contributed by atoms with E-state index in [-0.39, 0.29) is 5.91 Å². The quantitative estimate of drug-likeness (QED) is 0.755. The largest absolute Gasteiger partial charge is 0.508 e. The molecule has 5 heteroatoms. The number of carbonyl (C=O) groups is 1. The molecule has 1 aromatic rings. The fourth-order valence-electron chi connectivity index (χ4n) is 2.69. The van der Waals surface area contributed by atoms with Gasteiger partial charge in [-0.05, 0) is 30.7 Å². The van der Waals surface area contributed by atoms with Gasteiger partial charge in [0.05, 0.1) is 6.54 Å². The van der Waals surface area contributed by atoms with Gasteiger partial charge in [-0.3, -0.25) is 9.69 Å². The van der Waals surface area contributed by atoms with E-state index in [0.717, 1.165) is 44.8 Å². The lowest BCUT2D eigenvalue weighted by Crippen LogP contribution is -2.49. The summed E-state index contributed by atoms with van der Waals surface area (Å²) in [5, 5.41) is 12.3. The Morgan fingerprint density at radius 1 is 1.14 bits per heavy atom. The summed E-state index contributed by atoms with van der Waals surface area (Å²) in [7, 11) is 0. The molecule has 0 atom stereocenters. The molecule has 5 nitrogen and oxygen atoms in total. The van der Waals surface area contributed by atoms with Crippen molar-refractivity contribution in [2.24, 2.45) is 0 Å². The highest BCUT2D eigenvalue weighted by atomic mass is 16.3. The van der Waals surface area contributed by atoms with Crippen molar-refractivity contribution in [3.05, 3.63) is 24.3 Å². The van der Waals surface area contributed by atoms with Crippen molar-refractivity contribution in [2.45, 2.75) is 26.2 Å². The Bertz CT molecular complexity index is 453. The Morgan fingerprint density at radius 3 is 2.45 bits per heavy atom. The first kappa shape index (κ1) is 16.6. The molecule has 1 heterocycles. The standard InChI is InChI=1S/C17H27N3O2/c1-2-3-4-9-18-17(22)14-19-10-12-20(13-11-19)15-5-7-16(21)8-6-15/h5-8,21H,2-4,9-14H2,1H3,(H,18,22). The van der Waals surface area contributed by atoms with E-state index in [1.54, 1.807) is 12.1 Å². The average Bonchev–Trinajstić information content (AvgIpc) is 2.53. The van der Waals surface area contributed by atoms with Gasteiger partial charge in [0.1, 0.15) is 5.75 Å². The van der Waals surface area contributed by atoms with Crippen LogP contribution in [0.15, 0.2) is 24.3 Å². The molecule has 1 saturated heterocycles. The number of rotatable bonds is 7. The molecule has 0 bridgehead atoms. The van der Waals surface area contributed by atoms with Gasteiger partial charge in [0.25, 0.3) is 0 Å². The van der Waals surface area contributed by atoms with E-state index in [4.69, 9.17) is 0 Å². The SMILES string of the molecule is CCCCCNC(=O)CN1CCN(c2ccc(O)cc2)CC1. The smallest absolute Gasteiger partial charge is 0.234 e. The summed E-state index contributed by atoms with van der Waals surface area (Å²) >= 11 is 0. The van der Waals surface area contributed by atoms with Crippen LogP contribution in [0.2, 0.25) is 0 Å². The number of hydrogen-bond donors (Lipinski definition) is 2. The van der Waals surface area contributed by atoms with Crippen LogP contribution in [0.3, 0.4) is 0 Å².